The van der Waals surface area contributed by atoms with E-state index in [4.69, 9.17) is 27.3 Å². The summed E-state index contributed by atoms with van der Waals surface area (Å²) in [5, 5.41) is 20.9. The van der Waals surface area contributed by atoms with Gasteiger partial charge in [0, 0.05) is 36.0 Å². The highest BCUT2D eigenvalue weighted by Gasteiger charge is 2.32. The second-order valence-corrected chi connectivity index (χ2v) is 10.1. The zero-order chi connectivity index (χ0) is 24.2. The Bertz CT molecular complexity index is 830. The number of benzene rings is 1. The first-order chi connectivity index (χ1) is 15.9. The van der Waals surface area contributed by atoms with E-state index in [0.29, 0.717) is 9.23 Å². The van der Waals surface area contributed by atoms with Crippen LogP contribution in [0.2, 0.25) is 0 Å². The number of thiocarbonyl (C=S) groups is 1. The van der Waals surface area contributed by atoms with E-state index in [1.165, 1.54) is 21.7 Å². The molecule has 1 amide bonds. The van der Waals surface area contributed by atoms with Crippen molar-refractivity contribution < 1.29 is 24.6 Å². The summed E-state index contributed by atoms with van der Waals surface area (Å²) in [6, 6.07) is 7.98. The predicted octanol–water partition coefficient (Wildman–Crippen LogP) is 2.62. The Morgan fingerprint density at radius 2 is 1.70 bits per heavy atom. The number of hydrogen-bond acceptors (Lipinski definition) is 9. The Hall–Kier alpha value is -1.02. The van der Waals surface area contributed by atoms with Gasteiger partial charge in [-0.3, -0.25) is 14.5 Å². The molecular formula is C21H27Br2N3O5S2. The van der Waals surface area contributed by atoms with Crippen LogP contribution < -0.4 is 4.90 Å². The molecule has 1 aliphatic heterocycles. The summed E-state index contributed by atoms with van der Waals surface area (Å²) in [5.74, 6) is -0.813. The number of hydroxylamine groups is 2. The van der Waals surface area contributed by atoms with E-state index in [2.05, 4.69) is 36.8 Å². The van der Waals surface area contributed by atoms with Crippen LogP contribution in [0.5, 0.6) is 0 Å². The van der Waals surface area contributed by atoms with E-state index >= 15 is 0 Å². The van der Waals surface area contributed by atoms with Crippen LogP contribution in [-0.4, -0.2) is 93.0 Å². The topological polar surface area (TPSA) is 93.6 Å². The normalized spacial score (nSPS) is 15.1. The largest absolute Gasteiger partial charge is 0.395 e. The molecule has 0 radical (unpaired) electrons. The molecule has 0 aromatic heterocycles. The minimum Gasteiger partial charge on any atom is -0.395 e. The van der Waals surface area contributed by atoms with E-state index in [0.717, 1.165) is 35.0 Å². The molecule has 2 rings (SSSR count). The highest BCUT2D eigenvalue weighted by molar-refractivity contribution is 9.09. The molecule has 1 aromatic carbocycles. The lowest BCUT2D eigenvalue weighted by atomic mass is 10.1. The van der Waals surface area contributed by atoms with Crippen molar-refractivity contribution in [1.82, 2.24) is 9.96 Å². The number of aliphatic hydroxyl groups is 2. The smallest absolute Gasteiger partial charge is 0.326 e. The average Bonchev–Trinajstić information content (AvgIpc) is 3.05. The van der Waals surface area contributed by atoms with Gasteiger partial charge in [0.2, 0.25) is 0 Å². The Balaban J connectivity index is 1.97. The fraction of sp³-hybridized carbons (Fsp3) is 0.476. The second kappa shape index (κ2) is 15.1. The number of aliphatic hydroxyl groups excluding tert-OH is 2. The number of hydrogen-bond donors (Lipinski definition) is 2. The first-order valence-electron chi connectivity index (χ1n) is 10.3. The highest BCUT2D eigenvalue weighted by atomic mass is 79.9. The molecule has 12 heteroatoms. The number of amides is 1. The van der Waals surface area contributed by atoms with Crippen LogP contribution in [0, 0.1) is 0 Å². The van der Waals surface area contributed by atoms with Crippen LogP contribution in [0.25, 0.3) is 6.08 Å². The van der Waals surface area contributed by atoms with Crippen molar-refractivity contribution in [2.24, 2.45) is 0 Å². The van der Waals surface area contributed by atoms with Crippen molar-refractivity contribution >= 4 is 83.8 Å². The average molecular weight is 625 g/mol. The monoisotopic (exact) mass is 623 g/mol. The SMILES string of the molecule is O=C(CCN1C(=O)/C(=C\c2ccc(N(CCBr)CCBr)cc2)SC1=S)ON(CCO)CCO. The van der Waals surface area contributed by atoms with Crippen LogP contribution in [0.4, 0.5) is 5.69 Å². The standard InChI is InChI=1S/C21H27Br2N3O5S2/c22-6-9-24(10-7-23)17-3-1-16(2-4-17)15-18-20(30)26(21(32)33-18)8-5-19(29)31-25(11-13-27)12-14-28/h1-4,15,27-28H,5-14H2/b18-15+. The highest BCUT2D eigenvalue weighted by Crippen LogP contribution is 2.33. The molecule has 33 heavy (non-hydrogen) atoms. The van der Waals surface area contributed by atoms with Crippen LogP contribution in [0.1, 0.15) is 12.0 Å². The number of halogens is 2. The molecule has 0 spiro atoms. The van der Waals surface area contributed by atoms with E-state index < -0.39 is 5.97 Å². The number of carbonyl (C=O) groups excluding carboxylic acids is 2. The Labute approximate surface area is 220 Å². The molecule has 1 aromatic rings. The number of anilines is 1. The van der Waals surface area contributed by atoms with Gasteiger partial charge in [-0.25, -0.2) is 0 Å². The number of alkyl halides is 2. The maximum atomic E-state index is 12.8. The number of rotatable bonds is 14. The van der Waals surface area contributed by atoms with Gasteiger partial charge in [0.15, 0.2) is 0 Å². The van der Waals surface area contributed by atoms with Crippen LogP contribution in [0.15, 0.2) is 29.2 Å². The zero-order valence-electron chi connectivity index (χ0n) is 18.0. The number of thioether (sulfide) groups is 1. The summed E-state index contributed by atoms with van der Waals surface area (Å²) in [5.41, 5.74) is 1.99. The Morgan fingerprint density at radius 3 is 2.24 bits per heavy atom. The van der Waals surface area contributed by atoms with E-state index in [9.17, 15) is 9.59 Å². The number of carbonyl (C=O) groups is 2. The van der Waals surface area contributed by atoms with Crippen LogP contribution in [0.3, 0.4) is 0 Å². The third-order valence-corrected chi connectivity index (χ3v) is 6.69. The molecule has 182 valence electrons. The van der Waals surface area contributed by atoms with Crippen molar-refractivity contribution in [2.45, 2.75) is 6.42 Å². The summed E-state index contributed by atoms with van der Waals surface area (Å²) < 4.78 is 0.388. The first-order valence-corrected chi connectivity index (χ1v) is 13.8. The molecule has 1 aliphatic rings. The van der Waals surface area contributed by atoms with Gasteiger partial charge in [-0.2, -0.15) is 0 Å². The third-order valence-electron chi connectivity index (χ3n) is 4.61. The second-order valence-electron chi connectivity index (χ2n) is 6.88. The Kier molecular flexibility index (Phi) is 12.9. The van der Waals surface area contributed by atoms with Crippen molar-refractivity contribution in [3.8, 4) is 0 Å². The van der Waals surface area contributed by atoms with Crippen molar-refractivity contribution in [3.63, 3.8) is 0 Å². The van der Waals surface area contributed by atoms with E-state index in [1.54, 1.807) is 6.08 Å². The van der Waals surface area contributed by atoms with E-state index in [-0.39, 0.29) is 45.2 Å². The summed E-state index contributed by atoms with van der Waals surface area (Å²) >= 11 is 13.5. The summed E-state index contributed by atoms with van der Waals surface area (Å²) in [7, 11) is 0. The van der Waals surface area contributed by atoms with Gasteiger partial charge < -0.3 is 20.0 Å². The molecule has 0 bridgehead atoms. The van der Waals surface area contributed by atoms with Crippen molar-refractivity contribution in [3.05, 3.63) is 34.7 Å². The molecular weight excluding hydrogens is 598 g/mol. The molecule has 0 unspecified atom stereocenters. The molecule has 0 atom stereocenters. The molecule has 1 saturated heterocycles. The van der Waals surface area contributed by atoms with Gasteiger partial charge in [0.25, 0.3) is 5.91 Å². The zero-order valence-corrected chi connectivity index (χ0v) is 22.8. The molecule has 0 aliphatic carbocycles. The lowest BCUT2D eigenvalue weighted by Crippen LogP contribution is -2.35. The van der Waals surface area contributed by atoms with Gasteiger partial charge in [-0.15, -0.1) is 5.06 Å². The minimum absolute atomic E-state index is 0.0568. The first kappa shape index (κ1) is 28.2. The maximum Gasteiger partial charge on any atom is 0.326 e. The summed E-state index contributed by atoms with van der Waals surface area (Å²) in [6.45, 7) is 1.66. The Morgan fingerprint density at radius 1 is 1.09 bits per heavy atom. The third kappa shape index (κ3) is 8.93. The summed E-state index contributed by atoms with van der Waals surface area (Å²) in [6.07, 6.45) is 1.74. The van der Waals surface area contributed by atoms with Crippen molar-refractivity contribution in [2.75, 3.05) is 61.5 Å². The van der Waals surface area contributed by atoms with Gasteiger partial charge in [0.1, 0.15) is 4.32 Å². The van der Waals surface area contributed by atoms with Crippen molar-refractivity contribution in [1.29, 1.82) is 0 Å². The minimum atomic E-state index is -0.568. The molecule has 1 fully saturated rings. The van der Waals surface area contributed by atoms with Crippen LogP contribution in [-0.2, 0) is 14.4 Å². The van der Waals surface area contributed by atoms with Gasteiger partial charge in [-0.1, -0.05) is 68.0 Å². The lowest BCUT2D eigenvalue weighted by Gasteiger charge is -2.23. The van der Waals surface area contributed by atoms with Crippen LogP contribution >= 0.6 is 55.8 Å². The van der Waals surface area contributed by atoms with E-state index in [1.807, 2.05) is 24.3 Å². The lowest BCUT2D eigenvalue weighted by molar-refractivity contribution is -0.194. The molecule has 1 heterocycles. The van der Waals surface area contributed by atoms with Gasteiger partial charge >= 0.3 is 5.97 Å². The van der Waals surface area contributed by atoms with Gasteiger partial charge in [-0.05, 0) is 23.8 Å². The van der Waals surface area contributed by atoms with Gasteiger partial charge in [0.05, 0.1) is 37.6 Å². The quantitative estimate of drug-likeness (QED) is 0.140. The summed E-state index contributed by atoms with van der Waals surface area (Å²) in [4.78, 5) is 34.2. The molecule has 2 N–H and O–H groups in total. The predicted molar refractivity (Wildman–Crippen MR) is 143 cm³/mol. The molecule has 0 saturated carbocycles. The fourth-order valence-corrected chi connectivity index (χ4v) is 5.18. The number of nitrogens with zero attached hydrogens (tertiary/aromatic N) is 3. The fourth-order valence-electron chi connectivity index (χ4n) is 3.02. The molecule has 8 nitrogen and oxygen atoms in total. The maximum absolute atomic E-state index is 12.8.